The predicted octanol–water partition coefficient (Wildman–Crippen LogP) is 1.67. The van der Waals surface area contributed by atoms with Crippen LogP contribution in [0.15, 0.2) is 36.9 Å². The zero-order valence-electron chi connectivity index (χ0n) is 29.5. The van der Waals surface area contributed by atoms with Gasteiger partial charge >= 0.3 is 6.03 Å². The second kappa shape index (κ2) is 13.3. The van der Waals surface area contributed by atoms with Gasteiger partial charge in [-0.25, -0.2) is 13.2 Å². The van der Waals surface area contributed by atoms with Crippen molar-refractivity contribution >= 4 is 33.8 Å². The van der Waals surface area contributed by atoms with Gasteiger partial charge in [-0.2, -0.15) is 4.80 Å². The summed E-state index contributed by atoms with van der Waals surface area (Å²) < 4.78 is 32.7. The van der Waals surface area contributed by atoms with Crippen LogP contribution in [0.4, 0.5) is 4.79 Å². The number of carbonyl (C=O) groups excluding carboxylic acids is 4. The molecule has 3 fully saturated rings. The number of likely N-dealkylation sites (tertiary alicyclic amines) is 1. The summed E-state index contributed by atoms with van der Waals surface area (Å²) in [5, 5.41) is 20.7. The molecule has 1 aromatic heterocycles. The third kappa shape index (κ3) is 7.92. The maximum Gasteiger partial charge on any atom is 0.315 e. The molecular formula is C33H47N9O7S. The third-order valence-electron chi connectivity index (χ3n) is 9.09. The van der Waals surface area contributed by atoms with Gasteiger partial charge < -0.3 is 25.6 Å². The average Bonchev–Trinajstić information content (AvgIpc) is 3.90. The number of hydrogen-bond donors (Lipinski definition) is 4. The van der Waals surface area contributed by atoms with Crippen molar-refractivity contribution in [1.82, 2.24) is 45.8 Å². The first-order valence-corrected chi connectivity index (χ1v) is 18.2. The van der Waals surface area contributed by atoms with Crippen molar-refractivity contribution in [3.8, 4) is 17.1 Å². The van der Waals surface area contributed by atoms with Crippen LogP contribution in [-0.4, -0.2) is 99.3 Å². The number of sulfonamides is 1. The maximum atomic E-state index is 14.4. The Morgan fingerprint density at radius 2 is 1.74 bits per heavy atom. The van der Waals surface area contributed by atoms with Crippen molar-refractivity contribution in [2.45, 2.75) is 102 Å². The number of rotatable bonds is 11. The summed E-state index contributed by atoms with van der Waals surface area (Å²) in [4.78, 5) is 57.8. The highest BCUT2D eigenvalue weighted by atomic mass is 32.2. The summed E-state index contributed by atoms with van der Waals surface area (Å²) in [6.07, 6.45) is 2.61. The van der Waals surface area contributed by atoms with Crippen LogP contribution in [0.5, 0.6) is 5.75 Å². The molecule has 0 unspecified atom stereocenters. The summed E-state index contributed by atoms with van der Waals surface area (Å²) in [6.45, 7) is 14.6. The van der Waals surface area contributed by atoms with E-state index in [2.05, 4.69) is 42.7 Å². The number of hydrogen-bond acceptors (Lipinski definition) is 10. The molecule has 5 atom stereocenters. The Labute approximate surface area is 292 Å². The van der Waals surface area contributed by atoms with Gasteiger partial charge in [0.2, 0.25) is 27.7 Å². The Morgan fingerprint density at radius 1 is 1.08 bits per heavy atom. The van der Waals surface area contributed by atoms with Gasteiger partial charge in [0.25, 0.3) is 5.91 Å². The van der Waals surface area contributed by atoms with Crippen LogP contribution in [0.2, 0.25) is 0 Å². The molecule has 0 spiro atoms. The third-order valence-corrected chi connectivity index (χ3v) is 10.9. The lowest BCUT2D eigenvalue weighted by molar-refractivity contribution is -0.142. The van der Waals surface area contributed by atoms with E-state index in [9.17, 15) is 27.6 Å². The Bertz CT molecular complexity index is 1760. The minimum Gasteiger partial charge on any atom is -0.497 e. The molecule has 50 heavy (non-hydrogen) atoms. The number of carbonyl (C=O) groups is 4. The molecule has 5 amide bonds. The Morgan fingerprint density at radius 3 is 2.28 bits per heavy atom. The molecule has 2 heterocycles. The fourth-order valence-electron chi connectivity index (χ4n) is 6.05. The smallest absolute Gasteiger partial charge is 0.315 e. The molecule has 272 valence electrons. The van der Waals surface area contributed by atoms with Gasteiger partial charge in [0.15, 0.2) is 0 Å². The number of nitrogens with one attached hydrogen (secondary N) is 4. The predicted molar refractivity (Wildman–Crippen MR) is 183 cm³/mol. The van der Waals surface area contributed by atoms with E-state index >= 15 is 0 Å². The molecule has 3 aliphatic rings. The second-order valence-electron chi connectivity index (χ2n) is 15.4. The molecule has 1 aromatic carbocycles. The van der Waals surface area contributed by atoms with Crippen molar-refractivity contribution in [2.75, 3.05) is 13.7 Å². The number of ether oxygens (including phenoxy) is 1. The number of tetrazole rings is 1. The number of methoxy groups -OCH3 is 1. The van der Waals surface area contributed by atoms with Crippen molar-refractivity contribution in [3.63, 3.8) is 0 Å². The lowest BCUT2D eigenvalue weighted by Gasteiger charge is -2.36. The van der Waals surface area contributed by atoms with E-state index in [1.807, 2.05) is 20.8 Å². The van der Waals surface area contributed by atoms with Crippen molar-refractivity contribution in [2.24, 2.45) is 11.3 Å². The standard InChI is InChI=1S/C33H47N9O7S/c1-9-20-17-33(20,29(45)39-50(47,48)23-14-15-23)35-27(43)24-16-21(42-38-26(37-40-42)19-10-12-22(49-8)13-11-19)18-41(24)28(44)25(31(2,3)4)34-30(46)36-32(5,6)7/h9-13,20-21,23-25H,1,14-18H2,2-8H3,(H,35,43)(H,39,45)(H2,34,36,46)/t20-,21-,24+,25-,33-/m1/s1. The Balaban J connectivity index is 1.44. The number of urea groups is 1. The second-order valence-corrected chi connectivity index (χ2v) is 17.3. The summed E-state index contributed by atoms with van der Waals surface area (Å²) in [7, 11) is -2.33. The number of amides is 5. The van der Waals surface area contributed by atoms with Crippen LogP contribution in [0.1, 0.15) is 73.3 Å². The highest BCUT2D eigenvalue weighted by molar-refractivity contribution is 7.91. The van der Waals surface area contributed by atoms with Crippen LogP contribution < -0.4 is 25.4 Å². The quantitative estimate of drug-likeness (QED) is 0.248. The minimum absolute atomic E-state index is 0.00930. The first kappa shape index (κ1) is 36.7. The summed E-state index contributed by atoms with van der Waals surface area (Å²) in [5.74, 6) is -1.56. The van der Waals surface area contributed by atoms with Gasteiger partial charge in [0.05, 0.1) is 18.4 Å². The van der Waals surface area contributed by atoms with Gasteiger partial charge in [-0.15, -0.1) is 16.8 Å². The Kier molecular flexibility index (Phi) is 9.77. The number of nitrogens with zero attached hydrogens (tertiary/aromatic N) is 5. The van der Waals surface area contributed by atoms with Crippen LogP contribution >= 0.6 is 0 Å². The van der Waals surface area contributed by atoms with E-state index in [1.54, 1.807) is 52.1 Å². The van der Waals surface area contributed by atoms with Crippen LogP contribution in [-0.2, 0) is 24.4 Å². The SMILES string of the molecule is C=C[C@@H]1C[C@]1(NC(=O)[C@@H]1C[C@@H](n2nnc(-c3ccc(OC)cc3)n2)CN1C(=O)[C@@H](NC(=O)NC(C)(C)C)C(C)(C)C)C(=O)NS(=O)(=O)C1CC1. The lowest BCUT2D eigenvalue weighted by atomic mass is 9.85. The summed E-state index contributed by atoms with van der Waals surface area (Å²) in [5.41, 5.74) is -2.22. The Hall–Kier alpha value is -4.54. The zero-order valence-corrected chi connectivity index (χ0v) is 30.3. The van der Waals surface area contributed by atoms with Gasteiger partial charge in [-0.1, -0.05) is 26.8 Å². The number of benzene rings is 1. The zero-order chi connectivity index (χ0) is 36.8. The molecule has 2 aliphatic carbocycles. The minimum atomic E-state index is -3.89. The van der Waals surface area contributed by atoms with E-state index in [-0.39, 0.29) is 19.4 Å². The highest BCUT2D eigenvalue weighted by Crippen LogP contribution is 2.45. The molecule has 4 N–H and O–H groups in total. The van der Waals surface area contributed by atoms with Crippen LogP contribution in [0.3, 0.4) is 0 Å². The monoisotopic (exact) mass is 713 g/mol. The average molecular weight is 714 g/mol. The topological polar surface area (TPSA) is 207 Å². The largest absolute Gasteiger partial charge is 0.497 e. The first-order chi connectivity index (χ1) is 23.3. The van der Waals surface area contributed by atoms with E-state index in [0.29, 0.717) is 30.0 Å². The fourth-order valence-corrected chi connectivity index (χ4v) is 7.41. The molecule has 5 rings (SSSR count). The molecule has 1 aliphatic heterocycles. The van der Waals surface area contributed by atoms with E-state index in [1.165, 1.54) is 15.8 Å². The first-order valence-electron chi connectivity index (χ1n) is 16.6. The van der Waals surface area contributed by atoms with Crippen molar-refractivity contribution < 1.29 is 32.3 Å². The van der Waals surface area contributed by atoms with Gasteiger partial charge in [-0.05, 0) is 74.9 Å². The normalized spacial score (nSPS) is 24.1. The van der Waals surface area contributed by atoms with E-state index in [4.69, 9.17) is 4.74 Å². The molecule has 17 heteroatoms. The van der Waals surface area contributed by atoms with E-state index < -0.39 is 79.6 Å². The summed E-state index contributed by atoms with van der Waals surface area (Å²) >= 11 is 0. The fraction of sp³-hybridized carbons (Fsp3) is 0.606. The highest BCUT2D eigenvalue weighted by Gasteiger charge is 2.62. The van der Waals surface area contributed by atoms with Crippen molar-refractivity contribution in [3.05, 3.63) is 36.9 Å². The molecule has 2 saturated carbocycles. The summed E-state index contributed by atoms with van der Waals surface area (Å²) in [6, 6.07) is 3.74. The molecule has 16 nitrogen and oxygen atoms in total. The van der Waals surface area contributed by atoms with Gasteiger partial charge in [-0.3, -0.25) is 19.1 Å². The molecule has 2 aromatic rings. The van der Waals surface area contributed by atoms with E-state index in [0.717, 1.165) is 0 Å². The molecule has 0 radical (unpaired) electrons. The maximum absolute atomic E-state index is 14.4. The van der Waals surface area contributed by atoms with Gasteiger partial charge in [0.1, 0.15) is 23.4 Å². The van der Waals surface area contributed by atoms with Gasteiger partial charge in [0, 0.05) is 30.0 Å². The van der Waals surface area contributed by atoms with Crippen molar-refractivity contribution in [1.29, 1.82) is 0 Å². The number of aromatic nitrogens is 4. The molecule has 1 saturated heterocycles. The van der Waals surface area contributed by atoms with Crippen LogP contribution in [0.25, 0.3) is 11.4 Å². The molecular weight excluding hydrogens is 666 g/mol. The van der Waals surface area contributed by atoms with Crippen LogP contribution in [0, 0.1) is 11.3 Å². The lowest BCUT2D eigenvalue weighted by Crippen LogP contribution is -2.61. The molecule has 0 bridgehead atoms.